The second-order valence-electron chi connectivity index (χ2n) is 4.81. The van der Waals surface area contributed by atoms with E-state index in [9.17, 15) is 9.90 Å². The molecule has 4 heteroatoms. The molecule has 0 aromatic rings. The molecular formula is C12H24O4. The standard InChI is InChI=1S/C12H24O4/c1-6-10(7-2)11(14)15-16-12(4,5)8-9(3)13/h9-10,13H,6-8H2,1-5H3. The molecule has 16 heavy (non-hydrogen) atoms. The van der Waals surface area contributed by atoms with Crippen molar-refractivity contribution in [3.63, 3.8) is 0 Å². The average molecular weight is 232 g/mol. The fraction of sp³-hybridized carbons (Fsp3) is 0.917. The van der Waals surface area contributed by atoms with Crippen LogP contribution in [0.4, 0.5) is 0 Å². The third-order valence-corrected chi connectivity index (χ3v) is 2.46. The monoisotopic (exact) mass is 232 g/mol. The van der Waals surface area contributed by atoms with Crippen LogP contribution in [0.5, 0.6) is 0 Å². The molecule has 0 saturated heterocycles. The first-order valence-corrected chi connectivity index (χ1v) is 5.90. The molecule has 1 unspecified atom stereocenters. The molecule has 0 spiro atoms. The number of hydrogen-bond acceptors (Lipinski definition) is 4. The Bertz CT molecular complexity index is 207. The van der Waals surface area contributed by atoms with Crippen molar-refractivity contribution < 1.29 is 19.7 Å². The Kier molecular flexibility index (Phi) is 6.60. The fourth-order valence-corrected chi connectivity index (χ4v) is 1.59. The molecule has 1 N–H and O–H groups in total. The minimum atomic E-state index is -0.657. The van der Waals surface area contributed by atoms with Gasteiger partial charge in [-0.1, -0.05) is 13.8 Å². The van der Waals surface area contributed by atoms with Crippen LogP contribution < -0.4 is 0 Å². The number of carbonyl (C=O) groups excluding carboxylic acids is 1. The maximum Gasteiger partial charge on any atom is 0.345 e. The number of rotatable bonds is 7. The molecule has 0 aliphatic heterocycles. The molecule has 96 valence electrons. The van der Waals surface area contributed by atoms with E-state index in [1.54, 1.807) is 20.8 Å². The maximum absolute atomic E-state index is 11.5. The SMILES string of the molecule is CCC(CC)C(=O)OOC(C)(C)CC(C)O. The molecule has 0 heterocycles. The molecule has 0 rings (SSSR count). The third-order valence-electron chi connectivity index (χ3n) is 2.46. The highest BCUT2D eigenvalue weighted by molar-refractivity contribution is 5.71. The Labute approximate surface area is 97.9 Å². The highest BCUT2D eigenvalue weighted by Crippen LogP contribution is 2.19. The van der Waals surface area contributed by atoms with Crippen LogP contribution in [0.3, 0.4) is 0 Å². The summed E-state index contributed by atoms with van der Waals surface area (Å²) in [6.07, 6.45) is 1.43. The second kappa shape index (κ2) is 6.86. The van der Waals surface area contributed by atoms with Crippen molar-refractivity contribution in [2.24, 2.45) is 5.92 Å². The van der Waals surface area contributed by atoms with E-state index in [2.05, 4.69) is 0 Å². The first-order chi connectivity index (χ1) is 7.32. The third kappa shape index (κ3) is 6.08. The summed E-state index contributed by atoms with van der Waals surface area (Å²) in [6, 6.07) is 0. The normalized spacial score (nSPS) is 13.9. The maximum atomic E-state index is 11.5. The fourth-order valence-electron chi connectivity index (χ4n) is 1.59. The van der Waals surface area contributed by atoms with Gasteiger partial charge in [0.25, 0.3) is 0 Å². The van der Waals surface area contributed by atoms with Crippen LogP contribution in [0.2, 0.25) is 0 Å². The summed E-state index contributed by atoms with van der Waals surface area (Å²) in [7, 11) is 0. The zero-order chi connectivity index (χ0) is 12.8. The smallest absolute Gasteiger partial charge is 0.345 e. The van der Waals surface area contributed by atoms with Gasteiger partial charge in [-0.3, -0.25) is 4.89 Å². The van der Waals surface area contributed by atoms with Gasteiger partial charge in [-0.25, -0.2) is 4.79 Å². The molecule has 0 bridgehead atoms. The van der Waals surface area contributed by atoms with Gasteiger partial charge in [0, 0.05) is 6.42 Å². The number of aliphatic hydroxyl groups is 1. The summed E-state index contributed by atoms with van der Waals surface area (Å²) >= 11 is 0. The summed E-state index contributed by atoms with van der Waals surface area (Å²) in [6.45, 7) is 9.11. The molecule has 0 aromatic carbocycles. The lowest BCUT2D eigenvalue weighted by molar-refractivity contribution is -0.331. The molecule has 0 saturated carbocycles. The van der Waals surface area contributed by atoms with Crippen LogP contribution in [-0.4, -0.2) is 22.8 Å². The Morgan fingerprint density at radius 3 is 2.19 bits per heavy atom. The van der Waals surface area contributed by atoms with Gasteiger partial charge in [0.1, 0.15) is 5.60 Å². The van der Waals surface area contributed by atoms with Gasteiger partial charge in [-0.2, -0.15) is 4.89 Å². The highest BCUT2D eigenvalue weighted by Gasteiger charge is 2.26. The van der Waals surface area contributed by atoms with Gasteiger partial charge >= 0.3 is 5.97 Å². The predicted octanol–water partition coefficient (Wildman–Crippen LogP) is 2.45. The van der Waals surface area contributed by atoms with Crippen LogP contribution in [0.25, 0.3) is 0 Å². The Hall–Kier alpha value is -0.610. The van der Waals surface area contributed by atoms with Gasteiger partial charge in [0.05, 0.1) is 12.0 Å². The summed E-state index contributed by atoms with van der Waals surface area (Å²) in [5.74, 6) is -0.439. The van der Waals surface area contributed by atoms with Gasteiger partial charge in [-0.05, 0) is 33.6 Å². The van der Waals surface area contributed by atoms with E-state index in [0.717, 1.165) is 12.8 Å². The molecule has 0 aliphatic rings. The first-order valence-electron chi connectivity index (χ1n) is 5.90. The van der Waals surface area contributed by atoms with Gasteiger partial charge in [0.15, 0.2) is 0 Å². The number of aliphatic hydroxyl groups excluding tert-OH is 1. The van der Waals surface area contributed by atoms with Crippen molar-refractivity contribution >= 4 is 5.97 Å². The van der Waals surface area contributed by atoms with E-state index in [1.165, 1.54) is 0 Å². The van der Waals surface area contributed by atoms with E-state index >= 15 is 0 Å². The van der Waals surface area contributed by atoms with E-state index in [1.807, 2.05) is 13.8 Å². The summed E-state index contributed by atoms with van der Waals surface area (Å²) in [4.78, 5) is 21.4. The van der Waals surface area contributed by atoms with Crippen molar-refractivity contribution in [2.45, 2.75) is 65.6 Å². The van der Waals surface area contributed by atoms with Crippen molar-refractivity contribution in [1.82, 2.24) is 0 Å². The molecule has 0 aliphatic carbocycles. The first kappa shape index (κ1) is 15.4. The molecule has 1 atom stereocenters. The van der Waals surface area contributed by atoms with Crippen LogP contribution in [-0.2, 0) is 14.6 Å². The van der Waals surface area contributed by atoms with Crippen molar-refractivity contribution in [1.29, 1.82) is 0 Å². The lowest BCUT2D eigenvalue weighted by atomic mass is 10.0. The van der Waals surface area contributed by atoms with Crippen molar-refractivity contribution in [2.75, 3.05) is 0 Å². The van der Waals surface area contributed by atoms with Crippen LogP contribution >= 0.6 is 0 Å². The van der Waals surface area contributed by atoms with Crippen LogP contribution in [0.1, 0.15) is 53.9 Å². The summed E-state index contributed by atoms with van der Waals surface area (Å²) < 4.78 is 0. The van der Waals surface area contributed by atoms with E-state index in [4.69, 9.17) is 9.78 Å². The summed E-state index contributed by atoms with van der Waals surface area (Å²) in [5, 5.41) is 9.23. The van der Waals surface area contributed by atoms with Gasteiger partial charge in [0.2, 0.25) is 0 Å². The van der Waals surface area contributed by atoms with E-state index in [-0.39, 0.29) is 11.9 Å². The molecular weight excluding hydrogens is 208 g/mol. The minimum Gasteiger partial charge on any atom is -0.393 e. The number of hydrogen-bond donors (Lipinski definition) is 1. The highest BCUT2D eigenvalue weighted by atomic mass is 17.2. The molecule has 4 nitrogen and oxygen atoms in total. The predicted molar refractivity (Wildman–Crippen MR) is 61.6 cm³/mol. The lowest BCUT2D eigenvalue weighted by Gasteiger charge is -2.24. The van der Waals surface area contributed by atoms with E-state index in [0.29, 0.717) is 6.42 Å². The Morgan fingerprint density at radius 1 is 1.31 bits per heavy atom. The van der Waals surface area contributed by atoms with Crippen LogP contribution in [0, 0.1) is 5.92 Å². The quantitative estimate of drug-likeness (QED) is 0.541. The second-order valence-corrected chi connectivity index (χ2v) is 4.81. The van der Waals surface area contributed by atoms with Gasteiger partial charge in [-0.15, -0.1) is 0 Å². The Morgan fingerprint density at radius 2 is 1.81 bits per heavy atom. The Balaban J connectivity index is 4.08. The minimum absolute atomic E-state index is 0.109. The van der Waals surface area contributed by atoms with Crippen molar-refractivity contribution in [3.8, 4) is 0 Å². The molecule has 0 radical (unpaired) electrons. The topological polar surface area (TPSA) is 55.8 Å². The molecule has 0 amide bonds. The van der Waals surface area contributed by atoms with Crippen LogP contribution in [0.15, 0.2) is 0 Å². The lowest BCUT2D eigenvalue weighted by Crippen LogP contribution is -2.31. The molecule has 0 aromatic heterocycles. The zero-order valence-electron chi connectivity index (χ0n) is 10.9. The van der Waals surface area contributed by atoms with E-state index < -0.39 is 11.7 Å². The largest absolute Gasteiger partial charge is 0.393 e. The molecule has 0 fully saturated rings. The number of carbonyl (C=O) groups is 1. The summed E-state index contributed by atoms with van der Waals surface area (Å²) in [5.41, 5.74) is -0.657. The average Bonchev–Trinajstić information content (AvgIpc) is 2.15. The van der Waals surface area contributed by atoms with Gasteiger partial charge < -0.3 is 5.11 Å². The zero-order valence-corrected chi connectivity index (χ0v) is 10.9. The van der Waals surface area contributed by atoms with Crippen molar-refractivity contribution in [3.05, 3.63) is 0 Å².